The first-order valence-electron chi connectivity index (χ1n) is 8.66. The van der Waals surface area contributed by atoms with E-state index in [2.05, 4.69) is 0 Å². The Balaban J connectivity index is 2.00. The van der Waals surface area contributed by atoms with E-state index in [4.69, 9.17) is 10.5 Å². The summed E-state index contributed by atoms with van der Waals surface area (Å²) in [7, 11) is 0. The second kappa shape index (κ2) is 6.67. The second-order valence-corrected chi connectivity index (χ2v) is 8.12. The predicted molar refractivity (Wildman–Crippen MR) is 88.9 cm³/mol. The zero-order valence-electron chi connectivity index (χ0n) is 15.0. The monoisotopic (exact) mass is 325 g/mol. The molecule has 1 heterocycles. The van der Waals surface area contributed by atoms with Crippen LogP contribution in [-0.2, 0) is 9.53 Å². The summed E-state index contributed by atoms with van der Waals surface area (Å²) in [5, 5.41) is 0. The number of rotatable bonds is 4. The summed E-state index contributed by atoms with van der Waals surface area (Å²) in [6.07, 6.45) is 2.59. The van der Waals surface area contributed by atoms with Crippen LogP contribution in [0.4, 0.5) is 4.79 Å². The van der Waals surface area contributed by atoms with Crippen LogP contribution in [0.5, 0.6) is 0 Å². The molecule has 6 nitrogen and oxygen atoms in total. The SMILES string of the molecule is CC(C)C(N)C(=O)N(C1CC1)C1CCN(C(=O)OC(C)(C)C)C1. The summed E-state index contributed by atoms with van der Waals surface area (Å²) < 4.78 is 5.43. The van der Waals surface area contributed by atoms with E-state index in [1.165, 1.54) is 0 Å². The molecule has 23 heavy (non-hydrogen) atoms. The lowest BCUT2D eigenvalue weighted by Gasteiger charge is -2.32. The van der Waals surface area contributed by atoms with Crippen LogP contribution in [0.3, 0.4) is 0 Å². The van der Waals surface area contributed by atoms with Gasteiger partial charge in [0.1, 0.15) is 5.60 Å². The van der Waals surface area contributed by atoms with Crippen molar-refractivity contribution in [2.24, 2.45) is 11.7 Å². The van der Waals surface area contributed by atoms with E-state index in [0.717, 1.165) is 19.3 Å². The molecular weight excluding hydrogens is 294 g/mol. The van der Waals surface area contributed by atoms with Gasteiger partial charge in [0.15, 0.2) is 0 Å². The molecule has 2 aliphatic rings. The number of nitrogens with two attached hydrogens (primary N) is 1. The summed E-state index contributed by atoms with van der Waals surface area (Å²) in [6.45, 7) is 10.7. The fraction of sp³-hybridized carbons (Fsp3) is 0.882. The number of hydrogen-bond acceptors (Lipinski definition) is 4. The summed E-state index contributed by atoms with van der Waals surface area (Å²) >= 11 is 0. The van der Waals surface area contributed by atoms with Gasteiger partial charge >= 0.3 is 6.09 Å². The molecule has 2 atom stereocenters. The van der Waals surface area contributed by atoms with Crippen molar-refractivity contribution in [2.45, 2.75) is 77.6 Å². The minimum atomic E-state index is -0.499. The first-order chi connectivity index (χ1) is 10.6. The molecule has 2 unspecified atom stereocenters. The Labute approximate surface area is 139 Å². The topological polar surface area (TPSA) is 75.9 Å². The van der Waals surface area contributed by atoms with Gasteiger partial charge in [-0.3, -0.25) is 4.79 Å². The average molecular weight is 325 g/mol. The van der Waals surface area contributed by atoms with Crippen LogP contribution in [0.15, 0.2) is 0 Å². The number of amides is 2. The summed E-state index contributed by atoms with van der Waals surface area (Å²) in [6, 6.07) is -0.102. The van der Waals surface area contributed by atoms with Crippen molar-refractivity contribution in [3.63, 3.8) is 0 Å². The van der Waals surface area contributed by atoms with Crippen LogP contribution < -0.4 is 5.73 Å². The molecular formula is C17H31N3O3. The lowest BCUT2D eigenvalue weighted by molar-refractivity contribution is -0.136. The molecule has 1 aliphatic carbocycles. The van der Waals surface area contributed by atoms with Gasteiger partial charge in [-0.2, -0.15) is 0 Å². The smallest absolute Gasteiger partial charge is 0.410 e. The van der Waals surface area contributed by atoms with E-state index in [9.17, 15) is 9.59 Å². The van der Waals surface area contributed by atoms with E-state index < -0.39 is 11.6 Å². The first-order valence-corrected chi connectivity index (χ1v) is 8.66. The molecule has 2 fully saturated rings. The Morgan fingerprint density at radius 1 is 1.17 bits per heavy atom. The van der Waals surface area contributed by atoms with Crippen LogP contribution in [0.2, 0.25) is 0 Å². The third-order valence-electron chi connectivity index (χ3n) is 4.41. The van der Waals surface area contributed by atoms with Crippen molar-refractivity contribution >= 4 is 12.0 Å². The molecule has 0 aromatic rings. The summed E-state index contributed by atoms with van der Waals surface area (Å²) in [5.74, 6) is 0.144. The molecule has 2 rings (SSSR count). The third-order valence-corrected chi connectivity index (χ3v) is 4.41. The van der Waals surface area contributed by atoms with Crippen molar-refractivity contribution in [1.82, 2.24) is 9.80 Å². The highest BCUT2D eigenvalue weighted by Crippen LogP contribution is 2.32. The van der Waals surface area contributed by atoms with Crippen LogP contribution >= 0.6 is 0 Å². The Bertz CT molecular complexity index is 454. The van der Waals surface area contributed by atoms with Crippen LogP contribution in [0.1, 0.15) is 53.9 Å². The average Bonchev–Trinajstić information content (AvgIpc) is 3.12. The molecule has 0 spiro atoms. The summed E-state index contributed by atoms with van der Waals surface area (Å²) in [5.41, 5.74) is 5.58. The van der Waals surface area contributed by atoms with Crippen molar-refractivity contribution in [3.05, 3.63) is 0 Å². The van der Waals surface area contributed by atoms with Gasteiger partial charge in [-0.25, -0.2) is 4.79 Å². The number of carbonyl (C=O) groups is 2. The van der Waals surface area contributed by atoms with Gasteiger partial charge in [0, 0.05) is 19.1 Å². The number of carbonyl (C=O) groups excluding carboxylic acids is 2. The van der Waals surface area contributed by atoms with E-state index in [-0.39, 0.29) is 24.0 Å². The van der Waals surface area contributed by atoms with Crippen molar-refractivity contribution in [2.75, 3.05) is 13.1 Å². The Morgan fingerprint density at radius 2 is 1.78 bits per heavy atom. The normalized spacial score (nSPS) is 23.1. The van der Waals surface area contributed by atoms with Gasteiger partial charge < -0.3 is 20.3 Å². The van der Waals surface area contributed by atoms with E-state index in [0.29, 0.717) is 19.1 Å². The molecule has 132 valence electrons. The van der Waals surface area contributed by atoms with Gasteiger partial charge in [-0.05, 0) is 46.0 Å². The predicted octanol–water partition coefficient (Wildman–Crippen LogP) is 1.97. The fourth-order valence-corrected chi connectivity index (χ4v) is 2.93. The maximum absolute atomic E-state index is 12.7. The van der Waals surface area contributed by atoms with Crippen LogP contribution in [0, 0.1) is 5.92 Å². The van der Waals surface area contributed by atoms with E-state index >= 15 is 0 Å². The molecule has 2 amide bonds. The van der Waals surface area contributed by atoms with Crippen molar-refractivity contribution < 1.29 is 14.3 Å². The van der Waals surface area contributed by atoms with Gasteiger partial charge in [0.25, 0.3) is 0 Å². The summed E-state index contributed by atoms with van der Waals surface area (Å²) in [4.78, 5) is 28.6. The van der Waals surface area contributed by atoms with E-state index in [1.54, 1.807) is 4.90 Å². The van der Waals surface area contributed by atoms with Crippen LogP contribution in [-0.4, -0.2) is 58.6 Å². The number of likely N-dealkylation sites (tertiary alicyclic amines) is 1. The molecule has 0 aromatic carbocycles. The van der Waals surface area contributed by atoms with Gasteiger partial charge in [-0.15, -0.1) is 0 Å². The highest BCUT2D eigenvalue weighted by atomic mass is 16.6. The highest BCUT2D eigenvalue weighted by molar-refractivity contribution is 5.83. The maximum atomic E-state index is 12.7. The minimum Gasteiger partial charge on any atom is -0.444 e. The first kappa shape index (κ1) is 18.0. The molecule has 2 N–H and O–H groups in total. The highest BCUT2D eigenvalue weighted by Gasteiger charge is 2.43. The van der Waals surface area contributed by atoms with Gasteiger partial charge in [0.05, 0.1) is 12.1 Å². The standard InChI is InChI=1S/C17H31N3O3/c1-11(2)14(18)15(21)20(12-6-7-12)13-8-9-19(10-13)16(22)23-17(3,4)5/h11-14H,6-10,18H2,1-5H3. The quantitative estimate of drug-likeness (QED) is 0.857. The Hall–Kier alpha value is -1.30. The minimum absolute atomic E-state index is 0.0264. The van der Waals surface area contributed by atoms with E-state index in [1.807, 2.05) is 39.5 Å². The molecule has 1 saturated carbocycles. The fourth-order valence-electron chi connectivity index (χ4n) is 2.93. The Kier molecular flexibility index (Phi) is 5.23. The number of ether oxygens (including phenoxy) is 1. The Morgan fingerprint density at radius 3 is 2.26 bits per heavy atom. The second-order valence-electron chi connectivity index (χ2n) is 8.12. The largest absolute Gasteiger partial charge is 0.444 e. The van der Waals surface area contributed by atoms with Crippen molar-refractivity contribution in [1.29, 1.82) is 0 Å². The zero-order chi connectivity index (χ0) is 17.4. The number of nitrogens with zero attached hydrogens (tertiary/aromatic N) is 2. The molecule has 0 aromatic heterocycles. The number of hydrogen-bond donors (Lipinski definition) is 1. The molecule has 1 aliphatic heterocycles. The molecule has 0 radical (unpaired) electrons. The van der Waals surface area contributed by atoms with Gasteiger partial charge in [-0.1, -0.05) is 13.8 Å². The third kappa shape index (κ3) is 4.59. The zero-order valence-corrected chi connectivity index (χ0v) is 15.0. The van der Waals surface area contributed by atoms with Gasteiger partial charge in [0.2, 0.25) is 5.91 Å². The lowest BCUT2D eigenvalue weighted by atomic mass is 10.0. The van der Waals surface area contributed by atoms with Crippen molar-refractivity contribution in [3.8, 4) is 0 Å². The lowest BCUT2D eigenvalue weighted by Crippen LogP contribution is -2.52. The maximum Gasteiger partial charge on any atom is 0.410 e. The van der Waals surface area contributed by atoms with Crippen LogP contribution in [0.25, 0.3) is 0 Å². The molecule has 6 heteroatoms. The molecule has 0 bridgehead atoms. The molecule has 1 saturated heterocycles.